The average molecular weight is 597 g/mol. The summed E-state index contributed by atoms with van der Waals surface area (Å²) in [6, 6.07) is 25.4. The third-order valence-electron chi connectivity index (χ3n) is 10.1. The van der Waals surface area contributed by atoms with Crippen LogP contribution in [0.15, 0.2) is 72.8 Å². The largest absolute Gasteiger partial charge is 0.392 e. The second-order valence-electron chi connectivity index (χ2n) is 14.7. The number of carbonyl (C=O) groups excluding carboxylic acids is 1. The molecule has 2 bridgehead atoms. The number of fused-ring (bicyclic) bond motifs is 2. The van der Waals surface area contributed by atoms with Crippen molar-refractivity contribution >= 4 is 5.91 Å². The molecule has 2 N–H and O–H groups in total. The van der Waals surface area contributed by atoms with Crippen LogP contribution in [-0.4, -0.2) is 41.1 Å². The van der Waals surface area contributed by atoms with Crippen LogP contribution in [-0.2, 0) is 27.4 Å². The maximum atomic E-state index is 11.5. The number of amides is 1. The Kier molecular flexibility index (Phi) is 8.73. The Labute approximate surface area is 262 Å². The number of ether oxygens (including phenoxy) is 2. The Morgan fingerprint density at radius 3 is 2.36 bits per heavy atom. The Morgan fingerprint density at radius 2 is 1.66 bits per heavy atom. The maximum absolute atomic E-state index is 11.5. The molecule has 2 aliphatic heterocycles. The van der Waals surface area contributed by atoms with Crippen LogP contribution in [0.25, 0.3) is 11.1 Å². The van der Waals surface area contributed by atoms with E-state index in [4.69, 9.17) is 9.47 Å². The number of hydrogen-bond donors (Lipinski definition) is 2. The Morgan fingerprint density at radius 1 is 0.955 bits per heavy atom. The molecule has 0 spiro atoms. The van der Waals surface area contributed by atoms with Gasteiger partial charge in [-0.05, 0) is 57.9 Å². The van der Waals surface area contributed by atoms with Crippen molar-refractivity contribution in [1.82, 2.24) is 10.2 Å². The van der Waals surface area contributed by atoms with Crippen LogP contribution in [0.2, 0.25) is 0 Å². The lowest BCUT2D eigenvalue weighted by Crippen LogP contribution is -2.46. The quantitative estimate of drug-likeness (QED) is 0.288. The van der Waals surface area contributed by atoms with Crippen LogP contribution in [0.3, 0.4) is 0 Å². The van der Waals surface area contributed by atoms with E-state index < -0.39 is 6.29 Å². The van der Waals surface area contributed by atoms with Crippen molar-refractivity contribution in [2.45, 2.75) is 91.6 Å². The summed E-state index contributed by atoms with van der Waals surface area (Å²) >= 11 is 0. The first-order valence-electron chi connectivity index (χ1n) is 16.2. The molecule has 6 unspecified atom stereocenters. The lowest BCUT2D eigenvalue weighted by molar-refractivity contribution is -0.276. The van der Waals surface area contributed by atoms with Crippen molar-refractivity contribution in [2.75, 3.05) is 13.1 Å². The van der Waals surface area contributed by atoms with Gasteiger partial charge in [-0.25, -0.2) is 0 Å². The van der Waals surface area contributed by atoms with E-state index in [1.807, 2.05) is 24.3 Å². The number of rotatable bonds is 8. The molecule has 1 amide bonds. The van der Waals surface area contributed by atoms with Gasteiger partial charge in [-0.3, -0.25) is 9.69 Å². The van der Waals surface area contributed by atoms with E-state index >= 15 is 0 Å². The predicted octanol–water partition coefficient (Wildman–Crippen LogP) is 7.17. The Hall–Kier alpha value is -3.03. The first-order chi connectivity index (χ1) is 21.0. The molecular formula is C38H48N2O4. The van der Waals surface area contributed by atoms with Gasteiger partial charge in [0.2, 0.25) is 5.91 Å². The normalized spacial score (nSPS) is 29.8. The van der Waals surface area contributed by atoms with E-state index in [9.17, 15) is 9.90 Å². The summed E-state index contributed by atoms with van der Waals surface area (Å²) in [5.41, 5.74) is 7.02. The topological polar surface area (TPSA) is 71.0 Å². The van der Waals surface area contributed by atoms with Crippen LogP contribution in [0.1, 0.15) is 88.5 Å². The lowest BCUT2D eigenvalue weighted by Gasteiger charge is -2.43. The van der Waals surface area contributed by atoms with E-state index in [1.165, 1.54) is 19.3 Å². The van der Waals surface area contributed by atoms with Crippen molar-refractivity contribution in [3.05, 3.63) is 95.1 Å². The van der Waals surface area contributed by atoms with Crippen molar-refractivity contribution in [1.29, 1.82) is 0 Å². The standard InChI is InChI=1S/C38H48N2O4/c1-25-34(21-40-24-38(5)19-32(40)18-37(3,4)23-38)43-36(44-35(25)29-12-10-27(22-41)11-13-29)30-16-14-28(15-17-30)33-9-7-6-8-31(33)20-39-26(2)42/h6-17,25,32,34-36,41H,18-24H2,1-5H3,(H,39,42). The van der Waals surface area contributed by atoms with Crippen molar-refractivity contribution in [3.63, 3.8) is 0 Å². The molecule has 6 heteroatoms. The van der Waals surface area contributed by atoms with Crippen LogP contribution < -0.4 is 5.32 Å². The highest BCUT2D eigenvalue weighted by Gasteiger charge is 2.51. The highest BCUT2D eigenvalue weighted by molar-refractivity contribution is 5.74. The fourth-order valence-corrected chi connectivity index (χ4v) is 8.35. The summed E-state index contributed by atoms with van der Waals surface area (Å²) in [4.78, 5) is 14.3. The number of benzene rings is 3. The highest BCUT2D eigenvalue weighted by Crippen LogP contribution is 2.53. The van der Waals surface area contributed by atoms with E-state index in [0.717, 1.165) is 46.5 Å². The number of nitrogens with one attached hydrogen (secondary N) is 1. The summed E-state index contributed by atoms with van der Waals surface area (Å²) in [6.45, 7) is 13.7. The summed E-state index contributed by atoms with van der Waals surface area (Å²) in [5, 5.41) is 12.5. The lowest BCUT2D eigenvalue weighted by atomic mass is 9.65. The van der Waals surface area contributed by atoms with E-state index in [2.05, 4.69) is 86.4 Å². The number of aliphatic hydroxyl groups is 1. The molecule has 44 heavy (non-hydrogen) atoms. The molecule has 3 aliphatic rings. The zero-order chi connectivity index (χ0) is 31.1. The van der Waals surface area contributed by atoms with Gasteiger partial charge >= 0.3 is 0 Å². The minimum absolute atomic E-state index is 0.0142. The van der Waals surface area contributed by atoms with E-state index in [0.29, 0.717) is 23.4 Å². The van der Waals surface area contributed by atoms with Gasteiger partial charge in [0.05, 0.1) is 18.8 Å². The third kappa shape index (κ3) is 6.64. The van der Waals surface area contributed by atoms with Gasteiger partial charge in [0.25, 0.3) is 0 Å². The maximum Gasteiger partial charge on any atom is 0.217 e. The fourth-order valence-electron chi connectivity index (χ4n) is 8.35. The molecule has 1 aliphatic carbocycles. The molecule has 2 heterocycles. The summed E-state index contributed by atoms with van der Waals surface area (Å²) in [5.74, 6) is 0.119. The first-order valence-corrected chi connectivity index (χ1v) is 16.2. The summed E-state index contributed by atoms with van der Waals surface area (Å²) in [6.07, 6.45) is 3.19. The van der Waals surface area contributed by atoms with Crippen LogP contribution in [0, 0.1) is 16.7 Å². The van der Waals surface area contributed by atoms with Crippen molar-refractivity contribution in [2.24, 2.45) is 16.7 Å². The molecule has 3 aromatic rings. The average Bonchev–Trinajstić information content (AvgIpc) is 3.24. The fraction of sp³-hybridized carbons (Fsp3) is 0.500. The summed E-state index contributed by atoms with van der Waals surface area (Å²) < 4.78 is 13.6. The molecule has 3 fully saturated rings. The molecule has 3 aromatic carbocycles. The number of nitrogens with zero attached hydrogens (tertiary/aromatic N) is 1. The van der Waals surface area contributed by atoms with Gasteiger partial charge in [0.1, 0.15) is 0 Å². The Balaban J connectivity index is 1.26. The second kappa shape index (κ2) is 12.4. The molecular weight excluding hydrogens is 548 g/mol. The van der Waals surface area contributed by atoms with Gasteiger partial charge in [-0.2, -0.15) is 0 Å². The minimum Gasteiger partial charge on any atom is -0.392 e. The molecule has 6 rings (SSSR count). The zero-order valence-electron chi connectivity index (χ0n) is 26.9. The Bertz CT molecular complexity index is 1450. The predicted molar refractivity (Wildman–Crippen MR) is 173 cm³/mol. The van der Waals surface area contributed by atoms with Crippen LogP contribution >= 0.6 is 0 Å². The van der Waals surface area contributed by atoms with E-state index in [-0.39, 0.29) is 30.6 Å². The van der Waals surface area contributed by atoms with E-state index in [1.54, 1.807) is 6.92 Å². The van der Waals surface area contributed by atoms with Gasteiger partial charge in [0.15, 0.2) is 6.29 Å². The number of aliphatic hydroxyl groups excluding tert-OH is 1. The van der Waals surface area contributed by atoms with Crippen LogP contribution in [0.5, 0.6) is 0 Å². The number of likely N-dealkylation sites (tertiary alicyclic amines) is 1. The van der Waals surface area contributed by atoms with Crippen LogP contribution in [0.4, 0.5) is 0 Å². The molecule has 6 atom stereocenters. The molecule has 234 valence electrons. The number of carbonyl (C=O) groups is 1. The monoisotopic (exact) mass is 596 g/mol. The van der Waals surface area contributed by atoms with Gasteiger partial charge in [0, 0.05) is 44.1 Å². The molecule has 6 nitrogen and oxygen atoms in total. The number of hydrogen-bond acceptors (Lipinski definition) is 5. The SMILES string of the molecule is CC(=O)NCc1ccccc1-c1ccc(C2OC(CN3CC4(C)CC3CC(C)(C)C4)C(C)C(c3ccc(CO)cc3)O2)cc1. The molecule has 1 saturated carbocycles. The molecule has 2 saturated heterocycles. The third-order valence-corrected chi connectivity index (χ3v) is 10.1. The summed E-state index contributed by atoms with van der Waals surface area (Å²) in [7, 11) is 0. The zero-order valence-corrected chi connectivity index (χ0v) is 26.9. The smallest absolute Gasteiger partial charge is 0.217 e. The van der Waals surface area contributed by atoms with Gasteiger partial charge < -0.3 is 19.9 Å². The van der Waals surface area contributed by atoms with Crippen molar-refractivity contribution in [3.8, 4) is 11.1 Å². The van der Waals surface area contributed by atoms with Crippen molar-refractivity contribution < 1.29 is 19.4 Å². The molecule has 0 aromatic heterocycles. The van der Waals surface area contributed by atoms with Gasteiger partial charge in [-0.1, -0.05) is 100 Å². The highest BCUT2D eigenvalue weighted by atomic mass is 16.7. The van der Waals surface area contributed by atoms with Gasteiger partial charge in [-0.15, -0.1) is 0 Å². The minimum atomic E-state index is -0.489. The first kappa shape index (κ1) is 31.0. The second-order valence-corrected chi connectivity index (χ2v) is 14.7. The molecule has 0 radical (unpaired) electrons.